The number of carbonyl (C=O) groups excluding carboxylic acids is 2. The molecule has 1 fully saturated rings. The summed E-state index contributed by atoms with van der Waals surface area (Å²) in [5.41, 5.74) is -1.20. The molecule has 1 saturated heterocycles. The molecule has 2 amide bonds. The van der Waals surface area contributed by atoms with E-state index in [1.54, 1.807) is 0 Å². The zero-order valence-electron chi connectivity index (χ0n) is 15.6. The quantitative estimate of drug-likeness (QED) is 0.448. The molecule has 30 heavy (non-hydrogen) atoms. The lowest BCUT2D eigenvalue weighted by molar-refractivity contribution is -0.143. The van der Waals surface area contributed by atoms with E-state index in [-0.39, 0.29) is 13.0 Å². The largest absolute Gasteiger partial charge is 0.416 e. The van der Waals surface area contributed by atoms with Gasteiger partial charge in [0.15, 0.2) is 17.5 Å². The molecule has 1 N–H and O–H groups in total. The summed E-state index contributed by atoms with van der Waals surface area (Å²) in [4.78, 5) is 26.7. The van der Waals surface area contributed by atoms with E-state index in [9.17, 15) is 35.9 Å². The van der Waals surface area contributed by atoms with E-state index >= 15 is 0 Å². The molecule has 0 aliphatic carbocycles. The van der Waals surface area contributed by atoms with Crippen molar-refractivity contribution in [3.63, 3.8) is 0 Å². The van der Waals surface area contributed by atoms with Crippen LogP contribution in [-0.4, -0.2) is 30.3 Å². The van der Waals surface area contributed by atoms with Gasteiger partial charge in [-0.15, -0.1) is 0 Å². The van der Waals surface area contributed by atoms with Crippen molar-refractivity contribution in [2.45, 2.75) is 18.5 Å². The highest BCUT2D eigenvalue weighted by molar-refractivity contribution is 6.07. The first-order valence-corrected chi connectivity index (χ1v) is 8.87. The summed E-state index contributed by atoms with van der Waals surface area (Å²) in [7, 11) is 1.45. The highest BCUT2D eigenvalue weighted by atomic mass is 19.4. The van der Waals surface area contributed by atoms with E-state index in [4.69, 9.17) is 0 Å². The predicted octanol–water partition coefficient (Wildman–Crippen LogP) is 4.32. The molecule has 2 aromatic carbocycles. The lowest BCUT2D eigenvalue weighted by Crippen LogP contribution is -2.47. The number of piperidine rings is 1. The maximum absolute atomic E-state index is 13.9. The number of benzene rings is 2. The van der Waals surface area contributed by atoms with Gasteiger partial charge in [-0.3, -0.25) is 9.59 Å². The SMILES string of the molecule is CN1CC[C@H](c2ccc(C(F)(F)F)cc2)[C@@H](C(=O)Nc2ccc(F)c(F)c2F)C1=O. The van der Waals surface area contributed by atoms with Crippen molar-refractivity contribution in [3.8, 4) is 0 Å². The first-order valence-electron chi connectivity index (χ1n) is 8.87. The number of carbonyl (C=O) groups is 2. The monoisotopic (exact) mass is 430 g/mol. The van der Waals surface area contributed by atoms with E-state index in [0.29, 0.717) is 11.6 Å². The lowest BCUT2D eigenvalue weighted by atomic mass is 9.79. The summed E-state index contributed by atoms with van der Waals surface area (Å²) in [5.74, 6) is -8.59. The molecule has 0 radical (unpaired) electrons. The molecule has 0 aromatic heterocycles. The average Bonchev–Trinajstić information content (AvgIpc) is 2.69. The van der Waals surface area contributed by atoms with Crippen molar-refractivity contribution in [2.24, 2.45) is 5.92 Å². The lowest BCUT2D eigenvalue weighted by Gasteiger charge is -2.35. The molecule has 160 valence electrons. The molecule has 0 bridgehead atoms. The second-order valence-electron chi connectivity index (χ2n) is 6.96. The zero-order chi connectivity index (χ0) is 22.2. The maximum atomic E-state index is 13.9. The number of nitrogens with one attached hydrogen (secondary N) is 1. The Morgan fingerprint density at radius 3 is 2.27 bits per heavy atom. The summed E-state index contributed by atoms with van der Waals surface area (Å²) < 4.78 is 78.8. The van der Waals surface area contributed by atoms with Crippen LogP contribution >= 0.6 is 0 Å². The summed E-state index contributed by atoms with van der Waals surface area (Å²) in [6.07, 6.45) is -4.27. The Morgan fingerprint density at radius 1 is 1.03 bits per heavy atom. The third kappa shape index (κ3) is 4.12. The molecule has 4 nitrogen and oxygen atoms in total. The summed E-state index contributed by atoms with van der Waals surface area (Å²) >= 11 is 0. The topological polar surface area (TPSA) is 49.4 Å². The van der Waals surface area contributed by atoms with Crippen molar-refractivity contribution in [2.75, 3.05) is 18.9 Å². The van der Waals surface area contributed by atoms with Crippen molar-refractivity contribution < 1.29 is 35.9 Å². The molecule has 2 atom stereocenters. The predicted molar refractivity (Wildman–Crippen MR) is 94.9 cm³/mol. The molecule has 2 aromatic rings. The fourth-order valence-electron chi connectivity index (χ4n) is 3.43. The van der Waals surface area contributed by atoms with Gasteiger partial charge in [0.25, 0.3) is 0 Å². The van der Waals surface area contributed by atoms with Crippen LogP contribution in [-0.2, 0) is 15.8 Å². The summed E-state index contributed by atoms with van der Waals surface area (Å²) in [6, 6.07) is 5.51. The van der Waals surface area contributed by atoms with Gasteiger partial charge < -0.3 is 10.2 Å². The van der Waals surface area contributed by atoms with E-state index in [1.807, 2.05) is 0 Å². The van der Waals surface area contributed by atoms with Crippen LogP contribution in [0.15, 0.2) is 36.4 Å². The smallest absolute Gasteiger partial charge is 0.345 e. The first kappa shape index (κ1) is 21.7. The zero-order valence-corrected chi connectivity index (χ0v) is 15.6. The third-order valence-corrected chi connectivity index (χ3v) is 5.06. The van der Waals surface area contributed by atoms with Crippen LogP contribution in [0.4, 0.5) is 32.0 Å². The number of likely N-dealkylation sites (tertiary alicyclic amines) is 1. The molecule has 0 saturated carbocycles. The van der Waals surface area contributed by atoms with Crippen LogP contribution in [0, 0.1) is 23.4 Å². The summed E-state index contributed by atoms with van der Waals surface area (Å²) in [5, 5.41) is 2.09. The average molecular weight is 430 g/mol. The van der Waals surface area contributed by atoms with E-state index in [1.165, 1.54) is 24.1 Å². The molecule has 3 rings (SSSR count). The van der Waals surface area contributed by atoms with Crippen LogP contribution in [0.1, 0.15) is 23.5 Å². The standard InChI is InChI=1S/C20H16F6N2O2/c1-28-9-8-12(10-2-4-11(5-3-10)20(24,25)26)15(19(28)30)18(29)27-14-7-6-13(21)16(22)17(14)23/h2-7,12,15H,8-9H2,1H3,(H,27,29)/t12-,15+/m1/s1. The van der Waals surface area contributed by atoms with Gasteiger partial charge in [-0.25, -0.2) is 13.2 Å². The van der Waals surface area contributed by atoms with E-state index in [2.05, 4.69) is 5.32 Å². The Bertz CT molecular complexity index is 974. The number of amides is 2. The van der Waals surface area contributed by atoms with Crippen molar-refractivity contribution >= 4 is 17.5 Å². The Balaban J connectivity index is 1.91. The highest BCUT2D eigenvalue weighted by Gasteiger charge is 2.41. The Kier molecular flexibility index (Phi) is 5.78. The Hall–Kier alpha value is -3.04. The second-order valence-corrected chi connectivity index (χ2v) is 6.96. The van der Waals surface area contributed by atoms with Gasteiger partial charge in [0.1, 0.15) is 5.92 Å². The molecule has 1 heterocycles. The summed E-state index contributed by atoms with van der Waals surface area (Å²) in [6.45, 7) is 0.258. The molecule has 1 aliphatic rings. The first-order chi connectivity index (χ1) is 14.0. The highest BCUT2D eigenvalue weighted by Crippen LogP contribution is 2.36. The normalized spacial score (nSPS) is 19.7. The van der Waals surface area contributed by atoms with E-state index < -0.39 is 58.5 Å². The molecular formula is C20H16F6N2O2. The minimum Gasteiger partial charge on any atom is -0.345 e. The van der Waals surface area contributed by atoms with Gasteiger partial charge in [0.2, 0.25) is 11.8 Å². The number of rotatable bonds is 3. The van der Waals surface area contributed by atoms with Gasteiger partial charge in [0, 0.05) is 19.5 Å². The van der Waals surface area contributed by atoms with Gasteiger partial charge in [0.05, 0.1) is 11.3 Å². The Morgan fingerprint density at radius 2 is 1.67 bits per heavy atom. The second kappa shape index (κ2) is 8.00. The van der Waals surface area contributed by atoms with Crippen molar-refractivity contribution in [1.82, 2.24) is 4.90 Å². The molecule has 0 unspecified atom stereocenters. The number of alkyl halides is 3. The number of halogens is 6. The van der Waals surface area contributed by atoms with Gasteiger partial charge in [-0.1, -0.05) is 12.1 Å². The van der Waals surface area contributed by atoms with Gasteiger partial charge >= 0.3 is 6.18 Å². The number of nitrogens with zero attached hydrogens (tertiary/aromatic N) is 1. The number of anilines is 1. The van der Waals surface area contributed by atoms with Crippen LogP contribution in [0.2, 0.25) is 0 Å². The van der Waals surface area contributed by atoms with Crippen LogP contribution in [0.25, 0.3) is 0 Å². The minimum atomic E-state index is -4.54. The van der Waals surface area contributed by atoms with E-state index in [0.717, 1.165) is 18.2 Å². The fraction of sp³-hybridized carbons (Fsp3) is 0.300. The van der Waals surface area contributed by atoms with Crippen LogP contribution in [0.5, 0.6) is 0 Å². The number of hydrogen-bond donors (Lipinski definition) is 1. The molecule has 0 spiro atoms. The van der Waals surface area contributed by atoms with Gasteiger partial charge in [-0.2, -0.15) is 13.2 Å². The van der Waals surface area contributed by atoms with Crippen LogP contribution < -0.4 is 5.32 Å². The van der Waals surface area contributed by atoms with Gasteiger partial charge in [-0.05, 0) is 36.2 Å². The molecular weight excluding hydrogens is 414 g/mol. The Labute approximate surface area is 167 Å². The maximum Gasteiger partial charge on any atom is 0.416 e. The number of hydrogen-bond acceptors (Lipinski definition) is 2. The van der Waals surface area contributed by atoms with Crippen molar-refractivity contribution in [1.29, 1.82) is 0 Å². The minimum absolute atomic E-state index is 0.258. The van der Waals surface area contributed by atoms with Crippen molar-refractivity contribution in [3.05, 3.63) is 65.0 Å². The van der Waals surface area contributed by atoms with Crippen LogP contribution in [0.3, 0.4) is 0 Å². The molecule has 10 heteroatoms. The molecule has 1 aliphatic heterocycles. The third-order valence-electron chi connectivity index (χ3n) is 5.06. The fourth-order valence-corrected chi connectivity index (χ4v) is 3.43.